The first-order chi connectivity index (χ1) is 13.8. The van der Waals surface area contributed by atoms with Gasteiger partial charge in [-0.05, 0) is 61.3 Å². The predicted octanol–water partition coefficient (Wildman–Crippen LogP) is 2.48. The van der Waals surface area contributed by atoms with E-state index in [1.807, 2.05) is 44.3 Å². The molecule has 2 atom stereocenters. The molecule has 2 unspecified atom stereocenters. The first kappa shape index (κ1) is 20.8. The molecule has 0 aliphatic carbocycles. The van der Waals surface area contributed by atoms with E-state index in [1.54, 1.807) is 19.2 Å². The molecule has 7 heteroatoms. The Hall–Kier alpha value is -2.93. The van der Waals surface area contributed by atoms with E-state index in [-0.39, 0.29) is 11.9 Å². The molecule has 0 spiro atoms. The summed E-state index contributed by atoms with van der Waals surface area (Å²) in [7, 11) is 3.51. The summed E-state index contributed by atoms with van der Waals surface area (Å²) < 4.78 is 18.5. The lowest BCUT2D eigenvalue weighted by Crippen LogP contribution is -2.41. The molecule has 1 heterocycles. The summed E-state index contributed by atoms with van der Waals surface area (Å²) in [4.78, 5) is 19.3. The lowest BCUT2D eigenvalue weighted by molar-refractivity contribution is -0.129. The van der Waals surface area contributed by atoms with Gasteiger partial charge in [0.15, 0.2) is 11.5 Å². The molecule has 2 aromatic rings. The normalized spacial score (nSPS) is 20.0. The summed E-state index contributed by atoms with van der Waals surface area (Å²) in [5.41, 5.74) is 7.98. The molecule has 6 nitrogen and oxygen atoms in total. The van der Waals surface area contributed by atoms with E-state index in [0.717, 1.165) is 24.1 Å². The summed E-state index contributed by atoms with van der Waals surface area (Å²) in [6, 6.07) is 13.1. The van der Waals surface area contributed by atoms with Crippen molar-refractivity contribution in [3.63, 3.8) is 0 Å². The number of guanidine groups is 1. The number of rotatable bonds is 7. The Morgan fingerprint density at radius 2 is 2.00 bits per heavy atom. The zero-order chi connectivity index (χ0) is 21.2. The number of carbonyl (C=O) groups excluding carboxylic acids is 1. The Morgan fingerprint density at radius 3 is 2.59 bits per heavy atom. The Balaban J connectivity index is 2.15. The summed E-state index contributed by atoms with van der Waals surface area (Å²) in [6.07, 6.45) is -0.602. The summed E-state index contributed by atoms with van der Waals surface area (Å²) in [5.74, 6) is 0.358. The fraction of sp³-hybridized carbons (Fsp3) is 0.364. The second-order valence-corrected chi connectivity index (χ2v) is 7.24. The van der Waals surface area contributed by atoms with E-state index in [0.29, 0.717) is 16.9 Å². The second kappa shape index (κ2) is 8.21. The summed E-state index contributed by atoms with van der Waals surface area (Å²) in [6.45, 7) is 3.96. The lowest BCUT2D eigenvalue weighted by atomic mass is 9.81. The molecule has 1 amide bonds. The van der Waals surface area contributed by atoms with E-state index in [1.165, 1.54) is 11.8 Å². The molecule has 1 aliphatic rings. The van der Waals surface area contributed by atoms with Crippen LogP contribution in [0.1, 0.15) is 29.2 Å². The number of nitrogens with zero attached hydrogens (tertiary/aromatic N) is 2. The van der Waals surface area contributed by atoms with Crippen LogP contribution < -0.4 is 15.8 Å². The largest absolute Gasteiger partial charge is 0.460 e. The van der Waals surface area contributed by atoms with Crippen LogP contribution in [0, 0.1) is 6.92 Å². The molecule has 0 fully saturated rings. The van der Waals surface area contributed by atoms with Gasteiger partial charge in [0, 0.05) is 14.0 Å². The van der Waals surface area contributed by atoms with Gasteiger partial charge in [-0.3, -0.25) is 9.69 Å². The van der Waals surface area contributed by atoms with Crippen molar-refractivity contribution in [3.05, 3.63) is 64.7 Å². The van der Waals surface area contributed by atoms with Crippen molar-refractivity contribution in [2.45, 2.75) is 32.2 Å². The van der Waals surface area contributed by atoms with E-state index < -0.39 is 11.9 Å². The summed E-state index contributed by atoms with van der Waals surface area (Å²) in [5, 5.41) is 3.13. The number of aryl methyl sites for hydroxylation is 1. The number of hydrogen-bond acceptors (Lipinski definition) is 5. The zero-order valence-corrected chi connectivity index (χ0v) is 17.2. The van der Waals surface area contributed by atoms with Crippen molar-refractivity contribution >= 4 is 11.9 Å². The standard InChI is InChI=1S/C22H27FN4O2/c1-14-12-18(8-9-19(14)29-15(2)23)22(20(28)27(4)21(24)26-22)17-7-5-6-16(13-17)10-11-25-3/h5-9,12-13,15,25H,10-11H2,1-4H3,(H2,24,26). The number of carbonyl (C=O) groups is 1. The minimum Gasteiger partial charge on any atom is -0.460 e. The molecule has 3 rings (SSSR count). The number of aliphatic imine (C=N–C) groups is 1. The Bertz CT molecular complexity index is 944. The van der Waals surface area contributed by atoms with Crippen LogP contribution >= 0.6 is 0 Å². The highest BCUT2D eigenvalue weighted by Gasteiger charge is 2.49. The molecule has 0 bridgehead atoms. The fourth-order valence-electron chi connectivity index (χ4n) is 3.59. The van der Waals surface area contributed by atoms with Crippen LogP contribution in [0.15, 0.2) is 47.5 Å². The van der Waals surface area contributed by atoms with Crippen molar-refractivity contribution in [2.24, 2.45) is 10.7 Å². The van der Waals surface area contributed by atoms with E-state index in [2.05, 4.69) is 10.3 Å². The number of halogens is 1. The molecule has 1 aliphatic heterocycles. The Labute approximate surface area is 170 Å². The first-order valence-corrected chi connectivity index (χ1v) is 9.59. The van der Waals surface area contributed by atoms with Crippen LogP contribution in [0.3, 0.4) is 0 Å². The third-order valence-corrected chi connectivity index (χ3v) is 5.13. The SMILES string of the molecule is CNCCc1cccc(C2(c3ccc(OC(C)F)c(C)c3)N=C(N)N(C)C2=O)c1. The van der Waals surface area contributed by atoms with Crippen LogP contribution in [0.25, 0.3) is 0 Å². The first-order valence-electron chi connectivity index (χ1n) is 9.59. The van der Waals surface area contributed by atoms with Gasteiger partial charge < -0.3 is 15.8 Å². The van der Waals surface area contributed by atoms with Crippen LogP contribution in [0.4, 0.5) is 4.39 Å². The van der Waals surface area contributed by atoms with Gasteiger partial charge in [0.1, 0.15) is 5.75 Å². The van der Waals surface area contributed by atoms with Crippen LogP contribution in [-0.4, -0.2) is 43.8 Å². The van der Waals surface area contributed by atoms with Gasteiger partial charge in [-0.2, -0.15) is 0 Å². The quantitative estimate of drug-likeness (QED) is 0.751. The molecule has 0 saturated carbocycles. The van der Waals surface area contributed by atoms with E-state index in [9.17, 15) is 9.18 Å². The highest BCUT2D eigenvalue weighted by atomic mass is 19.1. The van der Waals surface area contributed by atoms with Gasteiger partial charge in [0.25, 0.3) is 5.91 Å². The maximum atomic E-state index is 13.4. The number of nitrogens with one attached hydrogen (secondary N) is 1. The molecular weight excluding hydrogens is 371 g/mol. The summed E-state index contributed by atoms with van der Waals surface area (Å²) >= 11 is 0. The number of amides is 1. The van der Waals surface area contributed by atoms with Crippen molar-refractivity contribution in [2.75, 3.05) is 20.6 Å². The van der Waals surface area contributed by atoms with Crippen LogP contribution in [0.2, 0.25) is 0 Å². The smallest absolute Gasteiger partial charge is 0.266 e. The Morgan fingerprint density at radius 1 is 1.28 bits per heavy atom. The van der Waals surface area contributed by atoms with Crippen molar-refractivity contribution in [1.82, 2.24) is 10.2 Å². The van der Waals surface area contributed by atoms with Crippen molar-refractivity contribution < 1.29 is 13.9 Å². The number of ether oxygens (including phenoxy) is 1. The molecule has 0 saturated heterocycles. The Kier molecular flexibility index (Phi) is 5.88. The van der Waals surface area contributed by atoms with Gasteiger partial charge >= 0.3 is 0 Å². The fourth-order valence-corrected chi connectivity index (χ4v) is 3.59. The predicted molar refractivity (Wildman–Crippen MR) is 112 cm³/mol. The molecular formula is C22H27FN4O2. The molecule has 2 aromatic carbocycles. The van der Waals surface area contributed by atoms with Gasteiger partial charge in [-0.1, -0.05) is 30.3 Å². The number of alkyl halides is 1. The van der Waals surface area contributed by atoms with Crippen molar-refractivity contribution in [3.8, 4) is 5.75 Å². The van der Waals surface area contributed by atoms with E-state index >= 15 is 0 Å². The number of benzene rings is 2. The minimum absolute atomic E-state index is 0.158. The van der Waals surface area contributed by atoms with Gasteiger partial charge in [-0.15, -0.1) is 0 Å². The van der Waals surface area contributed by atoms with E-state index in [4.69, 9.17) is 10.5 Å². The molecule has 3 N–H and O–H groups in total. The second-order valence-electron chi connectivity index (χ2n) is 7.24. The molecule has 154 valence electrons. The van der Waals surface area contributed by atoms with Gasteiger partial charge in [-0.25, -0.2) is 9.38 Å². The van der Waals surface area contributed by atoms with Crippen molar-refractivity contribution in [1.29, 1.82) is 0 Å². The molecule has 0 radical (unpaired) electrons. The average Bonchev–Trinajstić information content (AvgIpc) is 2.93. The number of likely N-dealkylation sites (N-methyl/N-ethyl adjacent to an activating group) is 2. The highest BCUT2D eigenvalue weighted by molar-refractivity contribution is 6.08. The van der Waals surface area contributed by atoms with Crippen LogP contribution in [0.5, 0.6) is 5.75 Å². The van der Waals surface area contributed by atoms with Gasteiger partial charge in [0.05, 0.1) is 0 Å². The third kappa shape index (κ3) is 3.82. The third-order valence-electron chi connectivity index (χ3n) is 5.13. The molecule has 29 heavy (non-hydrogen) atoms. The number of nitrogens with two attached hydrogens (primary N) is 1. The lowest BCUT2D eigenvalue weighted by Gasteiger charge is -2.27. The average molecular weight is 398 g/mol. The highest BCUT2D eigenvalue weighted by Crippen LogP contribution is 2.41. The topological polar surface area (TPSA) is 80.0 Å². The monoisotopic (exact) mass is 398 g/mol. The molecule has 0 aromatic heterocycles. The zero-order valence-electron chi connectivity index (χ0n) is 17.2. The maximum absolute atomic E-state index is 13.4. The maximum Gasteiger partial charge on any atom is 0.266 e. The van der Waals surface area contributed by atoms with Gasteiger partial charge in [0.2, 0.25) is 6.36 Å². The minimum atomic E-state index is -1.43. The number of hydrogen-bond donors (Lipinski definition) is 2. The van der Waals surface area contributed by atoms with Crippen LogP contribution in [-0.2, 0) is 16.8 Å².